The van der Waals surface area contributed by atoms with Crippen LogP contribution in [-0.2, 0) is 4.79 Å². The van der Waals surface area contributed by atoms with E-state index in [4.69, 9.17) is 9.84 Å². The smallest absolute Gasteiger partial charge is 0.321 e. The van der Waals surface area contributed by atoms with Gasteiger partial charge in [0, 0.05) is 24.8 Å². The first kappa shape index (κ1) is 13.2. The SMILES string of the molecule is O=C(O)CCOc1cccc(N2CCCNC2=O)c1. The second-order valence-electron chi connectivity index (χ2n) is 4.23. The minimum Gasteiger partial charge on any atom is -0.493 e. The van der Waals surface area contributed by atoms with Crippen LogP contribution < -0.4 is 15.0 Å². The number of hydrogen-bond acceptors (Lipinski definition) is 3. The molecule has 1 fully saturated rings. The average Bonchev–Trinajstić information content (AvgIpc) is 2.39. The van der Waals surface area contributed by atoms with Crippen LogP contribution in [0, 0.1) is 0 Å². The fourth-order valence-electron chi connectivity index (χ4n) is 1.87. The number of benzene rings is 1. The van der Waals surface area contributed by atoms with Crippen molar-refractivity contribution in [2.24, 2.45) is 0 Å². The van der Waals surface area contributed by atoms with Crippen molar-refractivity contribution in [2.45, 2.75) is 12.8 Å². The molecule has 0 unspecified atom stereocenters. The fourth-order valence-corrected chi connectivity index (χ4v) is 1.87. The van der Waals surface area contributed by atoms with E-state index in [9.17, 15) is 9.59 Å². The van der Waals surface area contributed by atoms with Gasteiger partial charge in [0.25, 0.3) is 0 Å². The van der Waals surface area contributed by atoms with Crippen molar-refractivity contribution in [3.63, 3.8) is 0 Å². The Balaban J connectivity index is 2.01. The molecule has 0 radical (unpaired) electrons. The molecule has 1 saturated heterocycles. The van der Waals surface area contributed by atoms with Gasteiger partial charge in [-0.05, 0) is 18.6 Å². The first-order chi connectivity index (χ1) is 9.16. The molecule has 0 atom stereocenters. The molecule has 0 aliphatic carbocycles. The quantitative estimate of drug-likeness (QED) is 0.843. The molecular weight excluding hydrogens is 248 g/mol. The average molecular weight is 264 g/mol. The molecule has 0 spiro atoms. The summed E-state index contributed by atoms with van der Waals surface area (Å²) in [5.41, 5.74) is 0.755. The van der Waals surface area contributed by atoms with Crippen molar-refractivity contribution in [3.05, 3.63) is 24.3 Å². The summed E-state index contributed by atoms with van der Waals surface area (Å²) in [6, 6.07) is 6.98. The van der Waals surface area contributed by atoms with Crippen LogP contribution in [0.4, 0.5) is 10.5 Å². The number of rotatable bonds is 5. The van der Waals surface area contributed by atoms with Gasteiger partial charge in [-0.3, -0.25) is 9.69 Å². The van der Waals surface area contributed by atoms with E-state index in [1.54, 1.807) is 23.1 Å². The van der Waals surface area contributed by atoms with Crippen LogP contribution in [0.5, 0.6) is 5.75 Å². The van der Waals surface area contributed by atoms with E-state index in [0.717, 1.165) is 12.1 Å². The van der Waals surface area contributed by atoms with E-state index >= 15 is 0 Å². The summed E-state index contributed by atoms with van der Waals surface area (Å²) in [5, 5.41) is 11.3. The Morgan fingerprint density at radius 2 is 2.32 bits per heavy atom. The van der Waals surface area contributed by atoms with Crippen LogP contribution in [0.3, 0.4) is 0 Å². The van der Waals surface area contributed by atoms with Gasteiger partial charge in [-0.15, -0.1) is 0 Å². The Kier molecular flexibility index (Phi) is 4.22. The Labute approximate surface area is 111 Å². The molecular formula is C13H16N2O4. The third kappa shape index (κ3) is 3.61. The van der Waals surface area contributed by atoms with Gasteiger partial charge in [0.1, 0.15) is 5.75 Å². The third-order valence-corrected chi connectivity index (χ3v) is 2.79. The number of anilines is 1. The molecule has 1 aromatic rings. The van der Waals surface area contributed by atoms with E-state index in [1.807, 2.05) is 6.07 Å². The van der Waals surface area contributed by atoms with Crippen molar-refractivity contribution < 1.29 is 19.4 Å². The highest BCUT2D eigenvalue weighted by atomic mass is 16.5. The van der Waals surface area contributed by atoms with Crippen molar-refractivity contribution in [3.8, 4) is 5.75 Å². The zero-order valence-electron chi connectivity index (χ0n) is 10.5. The molecule has 19 heavy (non-hydrogen) atoms. The van der Waals surface area contributed by atoms with E-state index in [2.05, 4.69) is 5.32 Å². The van der Waals surface area contributed by atoms with E-state index in [0.29, 0.717) is 18.8 Å². The van der Waals surface area contributed by atoms with Gasteiger partial charge in [-0.2, -0.15) is 0 Å². The number of carboxylic acid groups (broad SMARTS) is 1. The topological polar surface area (TPSA) is 78.9 Å². The molecule has 0 saturated carbocycles. The summed E-state index contributed by atoms with van der Waals surface area (Å²) < 4.78 is 5.34. The number of nitrogens with zero attached hydrogens (tertiary/aromatic N) is 1. The molecule has 102 valence electrons. The van der Waals surface area contributed by atoms with Crippen LogP contribution in [-0.4, -0.2) is 36.8 Å². The molecule has 1 heterocycles. The van der Waals surface area contributed by atoms with Crippen molar-refractivity contribution >= 4 is 17.7 Å². The zero-order chi connectivity index (χ0) is 13.7. The van der Waals surface area contributed by atoms with Gasteiger partial charge < -0.3 is 15.2 Å². The van der Waals surface area contributed by atoms with Gasteiger partial charge in [-0.25, -0.2) is 4.79 Å². The van der Waals surface area contributed by atoms with E-state index < -0.39 is 5.97 Å². The first-order valence-electron chi connectivity index (χ1n) is 6.17. The molecule has 2 amide bonds. The summed E-state index contributed by atoms with van der Waals surface area (Å²) in [6.45, 7) is 1.49. The second-order valence-corrected chi connectivity index (χ2v) is 4.23. The number of carbonyl (C=O) groups is 2. The molecule has 1 aliphatic heterocycles. The Morgan fingerprint density at radius 1 is 1.47 bits per heavy atom. The molecule has 1 aliphatic rings. The predicted octanol–water partition coefficient (Wildman–Crippen LogP) is 1.46. The summed E-state index contributed by atoms with van der Waals surface area (Å²) in [6.07, 6.45) is 0.851. The van der Waals surface area contributed by atoms with Gasteiger partial charge >= 0.3 is 12.0 Å². The summed E-state index contributed by atoms with van der Waals surface area (Å²) in [5.74, 6) is -0.330. The lowest BCUT2D eigenvalue weighted by Crippen LogP contribution is -2.46. The van der Waals surface area contributed by atoms with Gasteiger partial charge in [-0.1, -0.05) is 6.07 Å². The lowest BCUT2D eigenvalue weighted by molar-refractivity contribution is -0.137. The van der Waals surface area contributed by atoms with E-state index in [1.165, 1.54) is 0 Å². The molecule has 0 bridgehead atoms. The van der Waals surface area contributed by atoms with Gasteiger partial charge in [0.15, 0.2) is 0 Å². The van der Waals surface area contributed by atoms with E-state index in [-0.39, 0.29) is 19.1 Å². The van der Waals surface area contributed by atoms with Crippen LogP contribution in [0.1, 0.15) is 12.8 Å². The Hall–Kier alpha value is -2.24. The lowest BCUT2D eigenvalue weighted by Gasteiger charge is -2.27. The predicted molar refractivity (Wildman–Crippen MR) is 69.6 cm³/mol. The number of ether oxygens (including phenoxy) is 1. The summed E-state index contributed by atoms with van der Waals surface area (Å²) in [4.78, 5) is 23.8. The lowest BCUT2D eigenvalue weighted by atomic mass is 10.2. The highest BCUT2D eigenvalue weighted by Crippen LogP contribution is 2.22. The maximum absolute atomic E-state index is 11.7. The number of urea groups is 1. The molecule has 2 rings (SSSR count). The molecule has 2 N–H and O–H groups in total. The Morgan fingerprint density at radius 3 is 3.05 bits per heavy atom. The van der Waals surface area contributed by atoms with Gasteiger partial charge in [0.2, 0.25) is 0 Å². The Bertz CT molecular complexity index is 475. The number of hydrogen-bond donors (Lipinski definition) is 2. The van der Waals surface area contributed by atoms with Crippen molar-refractivity contribution in [2.75, 3.05) is 24.6 Å². The number of aliphatic carboxylic acids is 1. The van der Waals surface area contributed by atoms with Crippen molar-refractivity contribution in [1.82, 2.24) is 5.32 Å². The molecule has 0 aromatic heterocycles. The minimum absolute atomic E-state index is 0.0472. The molecule has 6 heteroatoms. The van der Waals surface area contributed by atoms with Crippen LogP contribution >= 0.6 is 0 Å². The number of carbonyl (C=O) groups excluding carboxylic acids is 1. The highest BCUT2D eigenvalue weighted by molar-refractivity contribution is 5.92. The van der Waals surface area contributed by atoms with Gasteiger partial charge in [0.05, 0.1) is 13.0 Å². The summed E-state index contributed by atoms with van der Waals surface area (Å²) >= 11 is 0. The summed E-state index contributed by atoms with van der Waals surface area (Å²) in [7, 11) is 0. The molecule has 1 aromatic carbocycles. The monoisotopic (exact) mass is 264 g/mol. The van der Waals surface area contributed by atoms with Crippen LogP contribution in [0.15, 0.2) is 24.3 Å². The number of amides is 2. The zero-order valence-corrected chi connectivity index (χ0v) is 10.5. The minimum atomic E-state index is -0.897. The number of carboxylic acids is 1. The standard InChI is InChI=1S/C13H16N2O4/c16-12(17)5-8-19-11-4-1-3-10(9-11)15-7-2-6-14-13(15)18/h1,3-4,9H,2,5-8H2,(H,14,18)(H,16,17). The maximum atomic E-state index is 11.7. The highest BCUT2D eigenvalue weighted by Gasteiger charge is 2.19. The second kappa shape index (κ2) is 6.08. The normalized spacial score (nSPS) is 14.9. The first-order valence-corrected chi connectivity index (χ1v) is 6.17. The maximum Gasteiger partial charge on any atom is 0.321 e. The largest absolute Gasteiger partial charge is 0.493 e. The fraction of sp³-hybridized carbons (Fsp3) is 0.385. The van der Waals surface area contributed by atoms with Crippen LogP contribution in [0.2, 0.25) is 0 Å². The molecule has 6 nitrogen and oxygen atoms in total. The van der Waals surface area contributed by atoms with Crippen molar-refractivity contribution in [1.29, 1.82) is 0 Å². The number of nitrogens with one attached hydrogen (secondary N) is 1. The third-order valence-electron chi connectivity index (χ3n) is 2.79. The van der Waals surface area contributed by atoms with Crippen LogP contribution in [0.25, 0.3) is 0 Å².